The Morgan fingerprint density at radius 2 is 2.00 bits per heavy atom. The van der Waals surface area contributed by atoms with Crippen molar-refractivity contribution in [3.8, 4) is 17.2 Å². The minimum atomic E-state index is -2.48. The Morgan fingerprint density at radius 3 is 2.65 bits per heavy atom. The summed E-state index contributed by atoms with van der Waals surface area (Å²) in [7, 11) is 0. The van der Waals surface area contributed by atoms with Crippen molar-refractivity contribution in [3.05, 3.63) is 57.5 Å². The third kappa shape index (κ3) is 2.75. The van der Waals surface area contributed by atoms with Crippen molar-refractivity contribution in [1.29, 1.82) is 5.26 Å². The van der Waals surface area contributed by atoms with Gasteiger partial charge in [-0.2, -0.15) is 5.26 Å². The van der Waals surface area contributed by atoms with E-state index in [1.54, 1.807) is 37.3 Å². The molecule has 0 spiro atoms. The molecule has 0 amide bonds. The fraction of sp³-hybridized carbons (Fsp3) is 0.200. The van der Waals surface area contributed by atoms with E-state index in [0.29, 0.717) is 22.4 Å². The molecule has 0 fully saturated rings. The summed E-state index contributed by atoms with van der Waals surface area (Å²) >= 11 is 0. The Hall–Kier alpha value is -2.48. The lowest BCUT2D eigenvalue weighted by atomic mass is 9.95. The molecule has 0 unspecified atom stereocenters. The molecule has 0 aliphatic carbocycles. The number of H-pyrrole nitrogens is 1. The van der Waals surface area contributed by atoms with E-state index < -0.39 is 18.4 Å². The normalized spacial score (nSPS) is 10.6. The molecular formula is C15H12F2N2O. The average molecular weight is 274 g/mol. The molecule has 1 aromatic carbocycles. The van der Waals surface area contributed by atoms with Gasteiger partial charge in [0.1, 0.15) is 11.6 Å². The molecule has 1 N–H and O–H groups in total. The van der Waals surface area contributed by atoms with E-state index in [-0.39, 0.29) is 5.56 Å². The number of aromatic amines is 1. The van der Waals surface area contributed by atoms with Crippen LogP contribution >= 0.6 is 0 Å². The third-order valence-corrected chi connectivity index (χ3v) is 2.96. The second-order valence-corrected chi connectivity index (χ2v) is 4.43. The van der Waals surface area contributed by atoms with Crippen molar-refractivity contribution in [3.63, 3.8) is 0 Å². The maximum absolute atomic E-state index is 12.6. The van der Waals surface area contributed by atoms with Gasteiger partial charge >= 0.3 is 0 Å². The molecule has 2 aromatic rings. The summed E-state index contributed by atoms with van der Waals surface area (Å²) in [6.45, 7) is 1.68. The Morgan fingerprint density at radius 1 is 1.30 bits per heavy atom. The Balaban J connectivity index is 2.69. The number of nitriles is 1. The van der Waals surface area contributed by atoms with E-state index in [4.69, 9.17) is 5.26 Å². The lowest BCUT2D eigenvalue weighted by molar-refractivity contribution is 0.149. The van der Waals surface area contributed by atoms with E-state index in [1.165, 1.54) is 0 Å². The Labute approximate surface area is 114 Å². The molecule has 3 nitrogen and oxygen atoms in total. The highest BCUT2D eigenvalue weighted by Gasteiger charge is 2.15. The number of aryl methyl sites for hydroxylation is 1. The number of halogens is 2. The molecule has 0 saturated heterocycles. The zero-order valence-corrected chi connectivity index (χ0v) is 10.8. The van der Waals surface area contributed by atoms with Crippen LogP contribution in [0.4, 0.5) is 8.78 Å². The first kappa shape index (κ1) is 13.9. The molecule has 5 heteroatoms. The summed E-state index contributed by atoms with van der Waals surface area (Å²) in [5.41, 5.74) is 1.33. The highest BCUT2D eigenvalue weighted by atomic mass is 19.3. The van der Waals surface area contributed by atoms with Gasteiger partial charge in [0.2, 0.25) is 6.43 Å². The lowest BCUT2D eigenvalue weighted by Crippen LogP contribution is -2.13. The van der Waals surface area contributed by atoms with Crippen LogP contribution < -0.4 is 5.56 Å². The first-order valence-electron chi connectivity index (χ1n) is 6.03. The molecule has 0 aliphatic rings. The highest BCUT2D eigenvalue weighted by Crippen LogP contribution is 2.27. The number of nitrogens with zero attached hydrogens (tertiary/aromatic N) is 1. The summed E-state index contributed by atoms with van der Waals surface area (Å²) < 4.78 is 25.2. The van der Waals surface area contributed by atoms with Crippen LogP contribution in [0.5, 0.6) is 0 Å². The number of hydrogen-bond acceptors (Lipinski definition) is 2. The number of benzene rings is 1. The number of aromatic nitrogens is 1. The first-order valence-corrected chi connectivity index (χ1v) is 6.03. The summed E-state index contributed by atoms with van der Waals surface area (Å²) in [5, 5.41) is 9.11. The smallest absolute Gasteiger partial charge is 0.266 e. The van der Waals surface area contributed by atoms with Crippen LogP contribution in [0, 0.1) is 18.3 Å². The van der Waals surface area contributed by atoms with E-state index >= 15 is 0 Å². The van der Waals surface area contributed by atoms with Crippen molar-refractivity contribution in [1.82, 2.24) is 4.98 Å². The van der Waals surface area contributed by atoms with Crippen LogP contribution in [0.1, 0.15) is 16.8 Å². The van der Waals surface area contributed by atoms with E-state index in [2.05, 4.69) is 4.98 Å². The second kappa shape index (κ2) is 5.66. The number of rotatable bonds is 3. The van der Waals surface area contributed by atoms with Gasteiger partial charge in [-0.15, -0.1) is 0 Å². The monoisotopic (exact) mass is 274 g/mol. The van der Waals surface area contributed by atoms with Crippen LogP contribution in [0.15, 0.2) is 35.1 Å². The molecule has 1 heterocycles. The Bertz CT molecular complexity index is 729. The van der Waals surface area contributed by atoms with Gasteiger partial charge in [0, 0.05) is 17.7 Å². The van der Waals surface area contributed by atoms with Gasteiger partial charge in [-0.05, 0) is 24.1 Å². The van der Waals surface area contributed by atoms with Crippen molar-refractivity contribution in [2.45, 2.75) is 19.8 Å². The van der Waals surface area contributed by atoms with Crippen molar-refractivity contribution in [2.24, 2.45) is 0 Å². The molecular weight excluding hydrogens is 262 g/mol. The number of nitrogens with one attached hydrogen (secondary N) is 1. The zero-order chi connectivity index (χ0) is 14.7. The largest absolute Gasteiger partial charge is 0.325 e. The fourth-order valence-corrected chi connectivity index (χ4v) is 2.14. The molecule has 0 radical (unpaired) electrons. The minimum absolute atomic E-state index is 0.0580. The topological polar surface area (TPSA) is 56.6 Å². The van der Waals surface area contributed by atoms with Crippen LogP contribution in [-0.4, -0.2) is 11.4 Å². The average Bonchev–Trinajstić information content (AvgIpc) is 2.38. The Kier molecular flexibility index (Phi) is 3.94. The molecule has 20 heavy (non-hydrogen) atoms. The molecule has 102 valence electrons. The molecule has 0 saturated carbocycles. The van der Waals surface area contributed by atoms with Gasteiger partial charge in [-0.3, -0.25) is 4.79 Å². The minimum Gasteiger partial charge on any atom is -0.325 e. The molecule has 0 atom stereocenters. The molecule has 1 aromatic heterocycles. The molecule has 0 aliphatic heterocycles. The quantitative estimate of drug-likeness (QED) is 0.935. The fourth-order valence-electron chi connectivity index (χ4n) is 2.14. The predicted molar refractivity (Wildman–Crippen MR) is 71.7 cm³/mol. The third-order valence-electron chi connectivity index (χ3n) is 2.96. The van der Waals surface area contributed by atoms with Crippen molar-refractivity contribution in [2.75, 3.05) is 0 Å². The van der Waals surface area contributed by atoms with Gasteiger partial charge in [0.05, 0.1) is 0 Å². The SMILES string of the molecule is Cc1cc(-c2ccccc2CC(F)F)c(C#N)c(=O)[nH]1. The standard InChI is InChI=1S/C15H12F2N2O/c1-9-6-12(13(8-18)15(20)19-9)11-5-3-2-4-10(11)7-14(16)17/h2-6,14H,7H2,1H3,(H,19,20). The summed E-state index contributed by atoms with van der Waals surface area (Å²) in [5.74, 6) is 0. The summed E-state index contributed by atoms with van der Waals surface area (Å²) in [4.78, 5) is 14.3. The predicted octanol–water partition coefficient (Wildman–Crippen LogP) is 3.03. The number of alkyl halides is 2. The van der Waals surface area contributed by atoms with Crippen LogP contribution in [0.25, 0.3) is 11.1 Å². The van der Waals surface area contributed by atoms with Crippen molar-refractivity contribution < 1.29 is 8.78 Å². The number of pyridine rings is 1. The van der Waals surface area contributed by atoms with Crippen molar-refractivity contribution >= 4 is 0 Å². The molecule has 2 rings (SSSR count). The van der Waals surface area contributed by atoms with Gasteiger partial charge in [0.15, 0.2) is 0 Å². The zero-order valence-electron chi connectivity index (χ0n) is 10.8. The number of hydrogen-bond donors (Lipinski definition) is 1. The van der Waals surface area contributed by atoms with E-state index in [9.17, 15) is 13.6 Å². The van der Waals surface area contributed by atoms with E-state index in [1.807, 2.05) is 6.07 Å². The van der Waals surface area contributed by atoms with Gasteiger partial charge in [-0.1, -0.05) is 24.3 Å². The lowest BCUT2D eigenvalue weighted by Gasteiger charge is -2.11. The highest BCUT2D eigenvalue weighted by molar-refractivity contribution is 5.73. The second-order valence-electron chi connectivity index (χ2n) is 4.43. The summed E-state index contributed by atoms with van der Waals surface area (Å²) in [6.07, 6.45) is -2.89. The van der Waals surface area contributed by atoms with E-state index in [0.717, 1.165) is 0 Å². The van der Waals surface area contributed by atoms with Crippen LogP contribution in [0.2, 0.25) is 0 Å². The maximum Gasteiger partial charge on any atom is 0.266 e. The van der Waals surface area contributed by atoms with Gasteiger partial charge in [0.25, 0.3) is 5.56 Å². The maximum atomic E-state index is 12.6. The van der Waals surface area contributed by atoms with Crippen LogP contribution in [-0.2, 0) is 6.42 Å². The van der Waals surface area contributed by atoms with Gasteiger partial charge < -0.3 is 4.98 Å². The first-order chi connectivity index (χ1) is 9.52. The summed E-state index contributed by atoms with van der Waals surface area (Å²) in [6, 6.07) is 10.1. The van der Waals surface area contributed by atoms with Crippen LogP contribution in [0.3, 0.4) is 0 Å². The molecule has 0 bridgehead atoms. The van der Waals surface area contributed by atoms with Gasteiger partial charge in [-0.25, -0.2) is 8.78 Å².